The summed E-state index contributed by atoms with van der Waals surface area (Å²) in [6.07, 6.45) is 0. The third-order valence-electron chi connectivity index (χ3n) is 2.11. The topological polar surface area (TPSA) is 44.8 Å². The van der Waals surface area contributed by atoms with Crippen LogP contribution < -0.4 is 9.47 Å². The normalized spacial score (nSPS) is 9.69. The Hall–Kier alpha value is -1.71. The number of ether oxygens (including phenoxy) is 3. The van der Waals surface area contributed by atoms with Gasteiger partial charge < -0.3 is 14.2 Å². The van der Waals surface area contributed by atoms with Gasteiger partial charge in [0.25, 0.3) is 0 Å². The van der Waals surface area contributed by atoms with Crippen LogP contribution in [0.15, 0.2) is 18.2 Å². The second kappa shape index (κ2) is 6.00. The zero-order chi connectivity index (χ0) is 12.0. The maximum Gasteiger partial charge on any atom is 0.344 e. The maximum absolute atomic E-state index is 11.1. The molecule has 0 atom stereocenters. The van der Waals surface area contributed by atoms with Crippen molar-refractivity contribution in [3.63, 3.8) is 0 Å². The predicted molar refractivity (Wildman–Crippen MR) is 59.9 cm³/mol. The van der Waals surface area contributed by atoms with Crippen molar-refractivity contribution in [3.05, 3.63) is 23.8 Å². The molecule has 4 heteroatoms. The number of benzene rings is 1. The fourth-order valence-corrected chi connectivity index (χ4v) is 1.31. The van der Waals surface area contributed by atoms with Crippen LogP contribution in [0, 0.1) is 6.92 Å². The summed E-state index contributed by atoms with van der Waals surface area (Å²) in [5, 5.41) is 0. The number of carbonyl (C=O) groups is 1. The minimum absolute atomic E-state index is 0.0815. The molecule has 0 amide bonds. The zero-order valence-corrected chi connectivity index (χ0v) is 9.78. The molecular formula is C12H16O4. The van der Waals surface area contributed by atoms with Crippen LogP contribution in [0.25, 0.3) is 0 Å². The molecule has 1 rings (SSSR count). The number of carbonyl (C=O) groups excluding carboxylic acids is 1. The highest BCUT2D eigenvalue weighted by Crippen LogP contribution is 2.26. The lowest BCUT2D eigenvalue weighted by atomic mass is 10.2. The van der Waals surface area contributed by atoms with E-state index in [1.807, 2.05) is 19.1 Å². The minimum Gasteiger partial charge on any atom is -0.496 e. The third kappa shape index (κ3) is 3.15. The van der Waals surface area contributed by atoms with Crippen LogP contribution in [0.2, 0.25) is 0 Å². The van der Waals surface area contributed by atoms with Crippen LogP contribution >= 0.6 is 0 Å². The average Bonchev–Trinajstić information content (AvgIpc) is 2.28. The van der Waals surface area contributed by atoms with Crippen LogP contribution in [-0.2, 0) is 9.53 Å². The summed E-state index contributed by atoms with van der Waals surface area (Å²) >= 11 is 0. The summed E-state index contributed by atoms with van der Waals surface area (Å²) in [6, 6.07) is 5.44. The van der Waals surface area contributed by atoms with E-state index in [1.54, 1.807) is 20.1 Å². The number of rotatable bonds is 5. The van der Waals surface area contributed by atoms with Crippen molar-refractivity contribution in [2.24, 2.45) is 0 Å². The van der Waals surface area contributed by atoms with Gasteiger partial charge in [-0.15, -0.1) is 0 Å². The number of hydrogen-bond donors (Lipinski definition) is 0. The van der Waals surface area contributed by atoms with Gasteiger partial charge in [-0.3, -0.25) is 0 Å². The van der Waals surface area contributed by atoms with Crippen LogP contribution in [0.5, 0.6) is 11.5 Å². The van der Waals surface area contributed by atoms with E-state index in [-0.39, 0.29) is 12.6 Å². The van der Waals surface area contributed by atoms with Gasteiger partial charge in [0.15, 0.2) is 6.61 Å². The SMILES string of the molecule is CCOC(=O)COc1cccc(OC)c1C. The Balaban J connectivity index is 2.63. The van der Waals surface area contributed by atoms with Crippen molar-refractivity contribution in [1.82, 2.24) is 0 Å². The monoisotopic (exact) mass is 224 g/mol. The summed E-state index contributed by atoms with van der Waals surface area (Å²) < 4.78 is 15.2. The Kier molecular flexibility index (Phi) is 4.64. The number of esters is 1. The molecule has 0 aliphatic carbocycles. The van der Waals surface area contributed by atoms with Crippen LogP contribution in [0.4, 0.5) is 0 Å². The van der Waals surface area contributed by atoms with E-state index in [4.69, 9.17) is 14.2 Å². The van der Waals surface area contributed by atoms with Gasteiger partial charge >= 0.3 is 5.97 Å². The first-order valence-corrected chi connectivity index (χ1v) is 5.11. The zero-order valence-electron chi connectivity index (χ0n) is 9.78. The van der Waals surface area contributed by atoms with Gasteiger partial charge in [-0.1, -0.05) is 6.07 Å². The molecule has 0 aliphatic rings. The van der Waals surface area contributed by atoms with E-state index >= 15 is 0 Å². The van der Waals surface area contributed by atoms with Gasteiger partial charge in [0.1, 0.15) is 11.5 Å². The van der Waals surface area contributed by atoms with Crippen molar-refractivity contribution in [2.45, 2.75) is 13.8 Å². The molecular weight excluding hydrogens is 208 g/mol. The second-order valence-electron chi connectivity index (χ2n) is 3.18. The summed E-state index contributed by atoms with van der Waals surface area (Å²) in [7, 11) is 1.59. The number of methoxy groups -OCH3 is 1. The van der Waals surface area contributed by atoms with Crippen molar-refractivity contribution >= 4 is 5.97 Å². The fourth-order valence-electron chi connectivity index (χ4n) is 1.31. The maximum atomic E-state index is 11.1. The quantitative estimate of drug-likeness (QED) is 0.717. The standard InChI is InChI=1S/C12H16O4/c1-4-15-12(13)8-16-11-7-5-6-10(14-3)9(11)2/h5-7H,4,8H2,1-3H3. The largest absolute Gasteiger partial charge is 0.496 e. The molecule has 0 saturated heterocycles. The number of hydrogen-bond acceptors (Lipinski definition) is 4. The van der Waals surface area contributed by atoms with Crippen molar-refractivity contribution in [3.8, 4) is 11.5 Å². The molecule has 16 heavy (non-hydrogen) atoms. The molecule has 4 nitrogen and oxygen atoms in total. The summed E-state index contributed by atoms with van der Waals surface area (Å²) in [4.78, 5) is 11.1. The lowest BCUT2D eigenvalue weighted by Crippen LogP contribution is -2.15. The van der Waals surface area contributed by atoms with Crippen molar-refractivity contribution in [1.29, 1.82) is 0 Å². The van der Waals surface area contributed by atoms with Crippen LogP contribution in [-0.4, -0.2) is 26.3 Å². The minimum atomic E-state index is -0.371. The van der Waals surface area contributed by atoms with Gasteiger partial charge in [-0.25, -0.2) is 4.79 Å². The first-order chi connectivity index (χ1) is 7.69. The molecule has 1 aromatic carbocycles. The first-order valence-electron chi connectivity index (χ1n) is 5.11. The van der Waals surface area contributed by atoms with E-state index in [0.29, 0.717) is 12.4 Å². The van der Waals surface area contributed by atoms with Crippen molar-refractivity contribution in [2.75, 3.05) is 20.3 Å². The smallest absolute Gasteiger partial charge is 0.344 e. The van der Waals surface area contributed by atoms with E-state index in [0.717, 1.165) is 11.3 Å². The van der Waals surface area contributed by atoms with Gasteiger partial charge in [0.2, 0.25) is 0 Å². The van der Waals surface area contributed by atoms with Crippen LogP contribution in [0.3, 0.4) is 0 Å². The molecule has 0 spiro atoms. The molecule has 0 aromatic heterocycles. The molecule has 0 radical (unpaired) electrons. The average molecular weight is 224 g/mol. The Labute approximate surface area is 95.1 Å². The molecule has 0 N–H and O–H groups in total. The highest BCUT2D eigenvalue weighted by atomic mass is 16.6. The van der Waals surface area contributed by atoms with E-state index in [1.165, 1.54) is 0 Å². The Bertz CT molecular complexity index is 360. The molecule has 0 saturated carbocycles. The predicted octanol–water partition coefficient (Wildman–Crippen LogP) is 1.95. The van der Waals surface area contributed by atoms with Gasteiger partial charge in [0.05, 0.1) is 13.7 Å². The Morgan fingerprint density at radius 2 is 2.00 bits per heavy atom. The molecule has 1 aromatic rings. The molecule has 0 heterocycles. The Morgan fingerprint density at radius 1 is 1.31 bits per heavy atom. The first kappa shape index (κ1) is 12.4. The molecule has 0 bridgehead atoms. The second-order valence-corrected chi connectivity index (χ2v) is 3.18. The van der Waals surface area contributed by atoms with E-state index in [2.05, 4.69) is 0 Å². The highest BCUT2D eigenvalue weighted by molar-refractivity contribution is 5.71. The molecule has 0 fully saturated rings. The van der Waals surface area contributed by atoms with E-state index < -0.39 is 0 Å². The molecule has 88 valence electrons. The fraction of sp³-hybridized carbons (Fsp3) is 0.417. The highest BCUT2D eigenvalue weighted by Gasteiger charge is 2.07. The summed E-state index contributed by atoms with van der Waals surface area (Å²) in [6.45, 7) is 3.91. The lowest BCUT2D eigenvalue weighted by Gasteiger charge is -2.11. The van der Waals surface area contributed by atoms with Gasteiger partial charge in [0, 0.05) is 5.56 Å². The summed E-state index contributed by atoms with van der Waals surface area (Å²) in [5.41, 5.74) is 0.870. The summed E-state index contributed by atoms with van der Waals surface area (Å²) in [5.74, 6) is 0.999. The lowest BCUT2D eigenvalue weighted by molar-refractivity contribution is -0.145. The van der Waals surface area contributed by atoms with Crippen molar-refractivity contribution < 1.29 is 19.0 Å². The van der Waals surface area contributed by atoms with Crippen LogP contribution in [0.1, 0.15) is 12.5 Å². The van der Waals surface area contributed by atoms with E-state index in [9.17, 15) is 4.79 Å². The van der Waals surface area contributed by atoms with Gasteiger partial charge in [-0.05, 0) is 26.0 Å². The third-order valence-corrected chi connectivity index (χ3v) is 2.11. The molecule has 0 aliphatic heterocycles. The molecule has 0 unspecified atom stereocenters. The Morgan fingerprint density at radius 3 is 2.62 bits per heavy atom. The van der Waals surface area contributed by atoms with Gasteiger partial charge in [-0.2, -0.15) is 0 Å².